The van der Waals surface area contributed by atoms with E-state index in [0.29, 0.717) is 22.8 Å². The van der Waals surface area contributed by atoms with E-state index in [1.54, 1.807) is 18.2 Å². The van der Waals surface area contributed by atoms with Gasteiger partial charge in [-0.2, -0.15) is 5.26 Å². The monoisotopic (exact) mass is 381 g/mol. The molecule has 0 aliphatic carbocycles. The molecule has 24 heavy (non-hydrogen) atoms. The second kappa shape index (κ2) is 7.12. The van der Waals surface area contributed by atoms with Crippen molar-refractivity contribution in [1.82, 2.24) is 0 Å². The summed E-state index contributed by atoms with van der Waals surface area (Å²) in [6.07, 6.45) is 7.01. The smallest absolute Gasteiger partial charge is 0.231 e. The van der Waals surface area contributed by atoms with Crippen LogP contribution >= 0.6 is 15.9 Å². The molecule has 0 saturated heterocycles. The summed E-state index contributed by atoms with van der Waals surface area (Å²) >= 11 is 3.43. The molecule has 3 rings (SSSR count). The molecule has 4 nitrogen and oxygen atoms in total. The first-order valence-electron chi connectivity index (χ1n) is 7.09. The highest BCUT2D eigenvalue weighted by Gasteiger charge is 2.15. The van der Waals surface area contributed by atoms with Crippen LogP contribution in [0, 0.1) is 23.7 Å². The van der Waals surface area contributed by atoms with Crippen LogP contribution in [0.3, 0.4) is 0 Å². The van der Waals surface area contributed by atoms with E-state index in [-0.39, 0.29) is 13.4 Å². The molecule has 1 aliphatic rings. The number of nitriles is 1. The van der Waals surface area contributed by atoms with E-state index in [9.17, 15) is 5.26 Å². The van der Waals surface area contributed by atoms with Gasteiger partial charge in [0.25, 0.3) is 0 Å². The second-order valence-corrected chi connectivity index (χ2v) is 5.83. The zero-order chi connectivity index (χ0) is 16.9. The molecular formula is C19H12BrNO3. The normalized spacial score (nSPS) is 12.4. The van der Waals surface area contributed by atoms with Crippen LogP contribution in [0.5, 0.6) is 17.2 Å². The minimum absolute atomic E-state index is 0.161. The van der Waals surface area contributed by atoms with Gasteiger partial charge in [-0.05, 0) is 48.0 Å². The average Bonchev–Trinajstić information content (AvgIpc) is 3.06. The number of benzene rings is 2. The first-order chi connectivity index (χ1) is 11.7. The molecule has 0 unspecified atom stereocenters. The zero-order valence-corrected chi connectivity index (χ0v) is 14.2. The van der Waals surface area contributed by atoms with Crippen molar-refractivity contribution in [3.63, 3.8) is 0 Å². The van der Waals surface area contributed by atoms with Crippen LogP contribution in [-0.2, 0) is 0 Å². The van der Waals surface area contributed by atoms with Crippen molar-refractivity contribution in [3.05, 3.63) is 52.0 Å². The fourth-order valence-corrected chi connectivity index (χ4v) is 2.66. The summed E-state index contributed by atoms with van der Waals surface area (Å²) in [5.41, 5.74) is 1.98. The Morgan fingerprint density at radius 2 is 2.08 bits per heavy atom. The number of terminal acetylenes is 1. The summed E-state index contributed by atoms with van der Waals surface area (Å²) in [6.45, 7) is 0.356. The Hall–Kier alpha value is -2.89. The van der Waals surface area contributed by atoms with Gasteiger partial charge in [0.05, 0.1) is 11.6 Å². The Balaban J connectivity index is 2.01. The maximum absolute atomic E-state index is 9.55. The standard InChI is InChI=1S/C19H12BrNO3/c1-2-7-22-17-6-4-16(20)9-14(17)8-15(11-21)13-3-5-18-19(10-13)24-12-23-18/h1,3-6,8-10H,7,12H2. The van der Waals surface area contributed by atoms with Crippen molar-refractivity contribution in [2.45, 2.75) is 0 Å². The van der Waals surface area contributed by atoms with Gasteiger partial charge >= 0.3 is 0 Å². The minimum Gasteiger partial charge on any atom is -0.480 e. The van der Waals surface area contributed by atoms with Gasteiger partial charge in [0.15, 0.2) is 11.5 Å². The molecule has 0 aromatic heterocycles. The van der Waals surface area contributed by atoms with Crippen molar-refractivity contribution in [2.75, 3.05) is 13.4 Å². The number of halogens is 1. The number of hydrogen-bond acceptors (Lipinski definition) is 4. The SMILES string of the molecule is C#CCOc1ccc(Br)cc1C=C(C#N)c1ccc2c(c1)OCO2. The molecular weight excluding hydrogens is 370 g/mol. The largest absolute Gasteiger partial charge is 0.480 e. The Morgan fingerprint density at radius 1 is 1.25 bits per heavy atom. The summed E-state index contributed by atoms with van der Waals surface area (Å²) in [5, 5.41) is 9.55. The van der Waals surface area contributed by atoms with Crippen LogP contribution in [0.1, 0.15) is 11.1 Å². The zero-order valence-electron chi connectivity index (χ0n) is 12.6. The molecule has 118 valence electrons. The van der Waals surface area contributed by atoms with E-state index in [1.807, 2.05) is 24.3 Å². The van der Waals surface area contributed by atoms with Crippen LogP contribution in [0.2, 0.25) is 0 Å². The maximum atomic E-state index is 9.55. The van der Waals surface area contributed by atoms with E-state index in [2.05, 4.69) is 27.9 Å². The van der Waals surface area contributed by atoms with Crippen molar-refractivity contribution in [3.8, 4) is 35.7 Å². The highest BCUT2D eigenvalue weighted by molar-refractivity contribution is 9.10. The van der Waals surface area contributed by atoms with Gasteiger partial charge in [-0.25, -0.2) is 0 Å². The van der Waals surface area contributed by atoms with E-state index in [1.165, 1.54) is 0 Å². The molecule has 1 aliphatic heterocycles. The number of hydrogen-bond donors (Lipinski definition) is 0. The van der Waals surface area contributed by atoms with Crippen LogP contribution in [0.25, 0.3) is 11.6 Å². The lowest BCUT2D eigenvalue weighted by Crippen LogP contribution is -1.96. The fraction of sp³-hybridized carbons (Fsp3) is 0.105. The van der Waals surface area contributed by atoms with Gasteiger partial charge in [-0.15, -0.1) is 6.42 Å². The van der Waals surface area contributed by atoms with E-state index < -0.39 is 0 Å². The third kappa shape index (κ3) is 3.37. The van der Waals surface area contributed by atoms with Gasteiger partial charge in [0.1, 0.15) is 12.4 Å². The molecule has 0 fully saturated rings. The molecule has 0 N–H and O–H groups in total. The number of rotatable bonds is 4. The number of ether oxygens (including phenoxy) is 3. The quantitative estimate of drug-likeness (QED) is 0.451. The van der Waals surface area contributed by atoms with Crippen LogP contribution < -0.4 is 14.2 Å². The third-order valence-electron chi connectivity index (χ3n) is 3.39. The molecule has 2 aromatic rings. The third-order valence-corrected chi connectivity index (χ3v) is 3.88. The lowest BCUT2D eigenvalue weighted by molar-refractivity contribution is 0.174. The van der Waals surface area contributed by atoms with Gasteiger partial charge in [-0.3, -0.25) is 0 Å². The van der Waals surface area contributed by atoms with E-state index >= 15 is 0 Å². The highest BCUT2D eigenvalue weighted by atomic mass is 79.9. The highest BCUT2D eigenvalue weighted by Crippen LogP contribution is 2.35. The molecule has 2 aromatic carbocycles. The summed E-state index contributed by atoms with van der Waals surface area (Å²) < 4.78 is 17.1. The first kappa shape index (κ1) is 16.0. The van der Waals surface area contributed by atoms with Crippen LogP contribution in [0.4, 0.5) is 0 Å². The molecule has 0 amide bonds. The van der Waals surface area contributed by atoms with Crippen molar-refractivity contribution in [1.29, 1.82) is 5.26 Å². The summed E-state index contributed by atoms with van der Waals surface area (Å²) in [7, 11) is 0. The average molecular weight is 382 g/mol. The molecule has 5 heteroatoms. The van der Waals surface area contributed by atoms with Gasteiger partial charge in [0.2, 0.25) is 6.79 Å². The maximum Gasteiger partial charge on any atom is 0.231 e. The molecule has 0 atom stereocenters. The minimum atomic E-state index is 0.161. The second-order valence-electron chi connectivity index (χ2n) is 4.91. The number of nitrogens with zero attached hydrogens (tertiary/aromatic N) is 1. The Labute approximate surface area is 148 Å². The van der Waals surface area contributed by atoms with Crippen molar-refractivity contribution in [2.24, 2.45) is 0 Å². The van der Waals surface area contributed by atoms with Crippen molar-refractivity contribution >= 4 is 27.6 Å². The topological polar surface area (TPSA) is 51.5 Å². The summed E-state index contributed by atoms with van der Waals surface area (Å²) in [5.74, 6) is 4.36. The van der Waals surface area contributed by atoms with E-state index in [0.717, 1.165) is 15.6 Å². The Bertz CT molecular complexity index is 890. The van der Waals surface area contributed by atoms with Gasteiger partial charge < -0.3 is 14.2 Å². The van der Waals surface area contributed by atoms with Crippen molar-refractivity contribution < 1.29 is 14.2 Å². The van der Waals surface area contributed by atoms with Crippen LogP contribution in [0.15, 0.2) is 40.9 Å². The first-order valence-corrected chi connectivity index (χ1v) is 7.88. The van der Waals surface area contributed by atoms with Crippen LogP contribution in [-0.4, -0.2) is 13.4 Å². The molecule has 0 spiro atoms. The molecule has 1 heterocycles. The van der Waals surface area contributed by atoms with Gasteiger partial charge in [-0.1, -0.05) is 21.9 Å². The predicted octanol–water partition coefficient (Wildman–Crippen LogP) is 4.25. The summed E-state index contributed by atoms with van der Waals surface area (Å²) in [4.78, 5) is 0. The Morgan fingerprint density at radius 3 is 2.88 bits per heavy atom. The fourth-order valence-electron chi connectivity index (χ4n) is 2.28. The number of allylic oxidation sites excluding steroid dienone is 1. The lowest BCUT2D eigenvalue weighted by Gasteiger charge is -2.08. The lowest BCUT2D eigenvalue weighted by atomic mass is 10.0. The Kier molecular flexibility index (Phi) is 4.74. The summed E-state index contributed by atoms with van der Waals surface area (Å²) in [6, 6.07) is 13.2. The molecule has 0 saturated carbocycles. The molecule has 0 radical (unpaired) electrons. The molecule has 0 bridgehead atoms. The van der Waals surface area contributed by atoms with E-state index in [4.69, 9.17) is 20.6 Å². The number of fused-ring (bicyclic) bond motifs is 1. The predicted molar refractivity (Wildman–Crippen MR) is 94.5 cm³/mol. The van der Waals surface area contributed by atoms with Gasteiger partial charge in [0, 0.05) is 10.0 Å².